The minimum absolute atomic E-state index is 0.187. The van der Waals surface area contributed by atoms with E-state index in [9.17, 15) is 9.59 Å². The van der Waals surface area contributed by atoms with Gasteiger partial charge in [-0.25, -0.2) is 4.90 Å². The largest absolute Gasteiger partial charge is 0.495 e. The number of hydrogen-bond donors (Lipinski definition) is 1. The van der Waals surface area contributed by atoms with Crippen LogP contribution in [0.2, 0.25) is 5.02 Å². The van der Waals surface area contributed by atoms with Crippen LogP contribution >= 0.6 is 22.9 Å². The molecule has 0 spiro atoms. The van der Waals surface area contributed by atoms with Crippen molar-refractivity contribution in [2.24, 2.45) is 0 Å². The van der Waals surface area contributed by atoms with Crippen LogP contribution in [0.15, 0.2) is 65.7 Å². The summed E-state index contributed by atoms with van der Waals surface area (Å²) in [4.78, 5) is 28.8. The number of amides is 2. The molecule has 4 rings (SSSR count). The number of nitrogens with zero attached hydrogens (tertiary/aromatic N) is 1. The molecule has 6 nitrogen and oxygen atoms in total. The summed E-state index contributed by atoms with van der Waals surface area (Å²) in [5.74, 6) is 0.121. The van der Waals surface area contributed by atoms with Gasteiger partial charge in [0, 0.05) is 21.7 Å². The third-order valence-corrected chi connectivity index (χ3v) is 5.93. The molecule has 1 aliphatic rings. The molecule has 32 heavy (non-hydrogen) atoms. The summed E-state index contributed by atoms with van der Waals surface area (Å²) in [7, 11) is 1.48. The Morgan fingerprint density at radius 3 is 2.62 bits per heavy atom. The van der Waals surface area contributed by atoms with Crippen LogP contribution in [0, 0.1) is 0 Å². The molecule has 3 aromatic rings. The first-order valence-corrected chi connectivity index (χ1v) is 11.3. The average Bonchev–Trinajstić information content (AvgIpc) is 3.39. The van der Waals surface area contributed by atoms with Crippen LogP contribution in [-0.2, 0) is 9.59 Å². The molecule has 1 aromatic heterocycles. The number of anilines is 2. The number of carbonyl (C=O) groups excluding carboxylic acids is 2. The number of methoxy groups -OCH3 is 1. The Hall–Kier alpha value is -3.29. The zero-order valence-corrected chi connectivity index (χ0v) is 19.1. The van der Waals surface area contributed by atoms with E-state index in [0.29, 0.717) is 45.0 Å². The van der Waals surface area contributed by atoms with Gasteiger partial charge in [-0.1, -0.05) is 30.7 Å². The van der Waals surface area contributed by atoms with Crippen LogP contribution in [-0.4, -0.2) is 25.5 Å². The average molecular weight is 469 g/mol. The molecule has 2 heterocycles. The third kappa shape index (κ3) is 4.22. The van der Waals surface area contributed by atoms with Crippen LogP contribution in [0.1, 0.15) is 18.2 Å². The van der Waals surface area contributed by atoms with E-state index >= 15 is 0 Å². The predicted molar refractivity (Wildman–Crippen MR) is 128 cm³/mol. The van der Waals surface area contributed by atoms with Gasteiger partial charge in [-0.15, -0.1) is 11.3 Å². The summed E-state index contributed by atoms with van der Waals surface area (Å²) < 4.78 is 11.1. The molecule has 8 heteroatoms. The summed E-state index contributed by atoms with van der Waals surface area (Å²) >= 11 is 7.55. The highest BCUT2D eigenvalue weighted by Gasteiger charge is 2.42. The fourth-order valence-electron chi connectivity index (χ4n) is 3.38. The molecule has 0 radical (unpaired) electrons. The lowest BCUT2D eigenvalue weighted by molar-refractivity contribution is -0.120. The predicted octanol–water partition coefficient (Wildman–Crippen LogP) is 5.60. The highest BCUT2D eigenvalue weighted by Crippen LogP contribution is 2.40. The van der Waals surface area contributed by atoms with E-state index in [0.717, 1.165) is 11.3 Å². The Labute approximate surface area is 195 Å². The number of ether oxygens (including phenoxy) is 2. The first kappa shape index (κ1) is 21.9. The first-order chi connectivity index (χ1) is 15.5. The van der Waals surface area contributed by atoms with Gasteiger partial charge in [0.2, 0.25) is 0 Å². The van der Waals surface area contributed by atoms with Gasteiger partial charge in [0.15, 0.2) is 0 Å². The molecule has 0 unspecified atom stereocenters. The maximum absolute atomic E-state index is 13.5. The normalized spacial score (nSPS) is 13.7. The summed E-state index contributed by atoms with van der Waals surface area (Å²) in [5.41, 5.74) is 1.42. The van der Waals surface area contributed by atoms with E-state index in [2.05, 4.69) is 5.32 Å². The molecule has 0 saturated heterocycles. The summed E-state index contributed by atoms with van der Waals surface area (Å²) in [5, 5.41) is 5.40. The standard InChI is InChI=1S/C24H21ClN2O4S/c1-3-11-31-17-7-4-6-16(14-17)26-22-21(20-8-5-12-32-20)23(28)27(24(22)29)18-13-15(25)9-10-19(18)30-2/h4-10,12-14,26H,3,11H2,1-2H3. The van der Waals surface area contributed by atoms with Gasteiger partial charge < -0.3 is 14.8 Å². The molecule has 164 valence electrons. The lowest BCUT2D eigenvalue weighted by Gasteiger charge is -2.18. The van der Waals surface area contributed by atoms with Crippen molar-refractivity contribution in [1.82, 2.24) is 0 Å². The fourth-order valence-corrected chi connectivity index (χ4v) is 4.31. The first-order valence-electron chi connectivity index (χ1n) is 10.0. The molecule has 0 atom stereocenters. The van der Waals surface area contributed by atoms with E-state index in [1.165, 1.54) is 18.4 Å². The molecular formula is C24H21ClN2O4S. The Morgan fingerprint density at radius 1 is 1.06 bits per heavy atom. The van der Waals surface area contributed by atoms with E-state index in [1.54, 1.807) is 24.3 Å². The number of rotatable bonds is 8. The lowest BCUT2D eigenvalue weighted by atomic mass is 10.2. The summed E-state index contributed by atoms with van der Waals surface area (Å²) in [6.45, 7) is 2.62. The van der Waals surface area contributed by atoms with Crippen molar-refractivity contribution in [3.63, 3.8) is 0 Å². The van der Waals surface area contributed by atoms with Crippen molar-refractivity contribution in [2.45, 2.75) is 13.3 Å². The highest BCUT2D eigenvalue weighted by molar-refractivity contribution is 7.11. The van der Waals surface area contributed by atoms with Gasteiger partial charge >= 0.3 is 0 Å². The van der Waals surface area contributed by atoms with Crippen LogP contribution < -0.4 is 19.7 Å². The van der Waals surface area contributed by atoms with Crippen LogP contribution in [0.25, 0.3) is 5.57 Å². The van der Waals surface area contributed by atoms with E-state index in [-0.39, 0.29) is 5.70 Å². The van der Waals surface area contributed by atoms with Gasteiger partial charge in [-0.3, -0.25) is 9.59 Å². The minimum atomic E-state index is -0.487. The number of nitrogens with one attached hydrogen (secondary N) is 1. The third-order valence-electron chi connectivity index (χ3n) is 4.81. The van der Waals surface area contributed by atoms with Gasteiger partial charge in [0.25, 0.3) is 11.8 Å². The number of hydrogen-bond acceptors (Lipinski definition) is 6. The fraction of sp³-hybridized carbons (Fsp3) is 0.167. The molecular weight excluding hydrogens is 448 g/mol. The second-order valence-electron chi connectivity index (χ2n) is 6.99. The number of halogens is 1. The van der Waals surface area contributed by atoms with Gasteiger partial charge in [-0.05, 0) is 48.2 Å². The van der Waals surface area contributed by atoms with Crippen molar-refractivity contribution in [3.8, 4) is 11.5 Å². The minimum Gasteiger partial charge on any atom is -0.495 e. The monoisotopic (exact) mass is 468 g/mol. The smallest absolute Gasteiger partial charge is 0.282 e. The zero-order valence-electron chi connectivity index (χ0n) is 17.6. The van der Waals surface area contributed by atoms with E-state index < -0.39 is 11.8 Å². The van der Waals surface area contributed by atoms with E-state index in [4.69, 9.17) is 21.1 Å². The maximum Gasteiger partial charge on any atom is 0.282 e. The summed E-state index contributed by atoms with van der Waals surface area (Å²) in [6.07, 6.45) is 0.884. The Bertz CT molecular complexity index is 1190. The van der Waals surface area contributed by atoms with Crippen molar-refractivity contribution in [1.29, 1.82) is 0 Å². The SMILES string of the molecule is CCCOc1cccc(NC2=C(c3cccs3)C(=O)N(c3cc(Cl)ccc3OC)C2=O)c1. The molecule has 0 fully saturated rings. The second kappa shape index (κ2) is 9.46. The van der Waals surface area contributed by atoms with Gasteiger partial charge in [0.1, 0.15) is 17.2 Å². The zero-order chi connectivity index (χ0) is 22.7. The van der Waals surface area contributed by atoms with Gasteiger partial charge in [-0.2, -0.15) is 0 Å². The molecule has 2 aromatic carbocycles. The van der Waals surface area contributed by atoms with Crippen molar-refractivity contribution in [3.05, 3.63) is 75.6 Å². The Balaban J connectivity index is 1.76. The van der Waals surface area contributed by atoms with Crippen molar-refractivity contribution >= 4 is 51.7 Å². The van der Waals surface area contributed by atoms with Crippen molar-refractivity contribution < 1.29 is 19.1 Å². The maximum atomic E-state index is 13.5. The van der Waals surface area contributed by atoms with Crippen LogP contribution in [0.4, 0.5) is 11.4 Å². The topological polar surface area (TPSA) is 67.9 Å². The number of carbonyl (C=O) groups is 2. The second-order valence-corrected chi connectivity index (χ2v) is 8.37. The molecule has 0 saturated carbocycles. The molecule has 0 aliphatic carbocycles. The van der Waals surface area contributed by atoms with Crippen LogP contribution in [0.3, 0.4) is 0 Å². The molecule has 1 N–H and O–H groups in total. The lowest BCUT2D eigenvalue weighted by Crippen LogP contribution is -2.32. The summed E-state index contributed by atoms with van der Waals surface area (Å²) in [6, 6.07) is 15.8. The molecule has 1 aliphatic heterocycles. The number of benzene rings is 2. The molecule has 2 amide bonds. The Kier molecular flexibility index (Phi) is 6.48. The molecule has 0 bridgehead atoms. The quantitative estimate of drug-likeness (QED) is 0.436. The van der Waals surface area contributed by atoms with Crippen LogP contribution in [0.5, 0.6) is 11.5 Å². The number of thiophene rings is 1. The van der Waals surface area contributed by atoms with Gasteiger partial charge in [0.05, 0.1) is 25.0 Å². The number of imide groups is 1. The highest BCUT2D eigenvalue weighted by atomic mass is 35.5. The van der Waals surface area contributed by atoms with Crippen molar-refractivity contribution in [2.75, 3.05) is 23.9 Å². The van der Waals surface area contributed by atoms with E-state index in [1.807, 2.05) is 42.6 Å². The Morgan fingerprint density at radius 2 is 1.91 bits per heavy atom.